The SMILES string of the molecule is C[C@@H]1COCCN1c1nc(NC2CC2)nc(N2CCOC[C@H]2C)n1. The molecule has 3 aliphatic rings. The van der Waals surface area contributed by atoms with E-state index in [1.165, 1.54) is 12.8 Å². The van der Waals surface area contributed by atoms with Crippen molar-refractivity contribution in [3.63, 3.8) is 0 Å². The Kier molecular flexibility index (Phi) is 4.41. The molecular formula is C16H26N6O2. The van der Waals surface area contributed by atoms with Crippen molar-refractivity contribution in [1.82, 2.24) is 15.0 Å². The van der Waals surface area contributed by atoms with Crippen LogP contribution in [0.1, 0.15) is 26.7 Å². The Hall–Kier alpha value is -1.67. The summed E-state index contributed by atoms with van der Waals surface area (Å²) in [5.41, 5.74) is 0. The highest BCUT2D eigenvalue weighted by atomic mass is 16.5. The van der Waals surface area contributed by atoms with Gasteiger partial charge in [0.1, 0.15) is 0 Å². The number of rotatable bonds is 4. The van der Waals surface area contributed by atoms with E-state index in [-0.39, 0.29) is 12.1 Å². The van der Waals surface area contributed by atoms with Gasteiger partial charge in [-0.25, -0.2) is 0 Å². The van der Waals surface area contributed by atoms with Gasteiger partial charge in [0.2, 0.25) is 17.8 Å². The first-order valence-corrected chi connectivity index (χ1v) is 8.92. The fraction of sp³-hybridized carbons (Fsp3) is 0.812. The third-order valence-electron chi connectivity index (χ3n) is 4.77. The van der Waals surface area contributed by atoms with Crippen molar-refractivity contribution in [3.05, 3.63) is 0 Å². The first-order chi connectivity index (χ1) is 11.7. The Morgan fingerprint density at radius 3 is 1.88 bits per heavy atom. The third kappa shape index (κ3) is 3.39. The lowest BCUT2D eigenvalue weighted by atomic mass is 10.2. The van der Waals surface area contributed by atoms with Crippen molar-refractivity contribution in [1.29, 1.82) is 0 Å². The van der Waals surface area contributed by atoms with Gasteiger partial charge in [-0.05, 0) is 26.7 Å². The van der Waals surface area contributed by atoms with Crippen LogP contribution < -0.4 is 15.1 Å². The number of nitrogens with one attached hydrogen (secondary N) is 1. The monoisotopic (exact) mass is 334 g/mol. The number of morpholine rings is 2. The van der Waals surface area contributed by atoms with Crippen LogP contribution in [-0.2, 0) is 9.47 Å². The summed E-state index contributed by atoms with van der Waals surface area (Å²) in [4.78, 5) is 18.6. The second kappa shape index (κ2) is 6.68. The van der Waals surface area contributed by atoms with Gasteiger partial charge < -0.3 is 24.6 Å². The van der Waals surface area contributed by atoms with Gasteiger partial charge in [0.05, 0.1) is 38.5 Å². The average molecular weight is 334 g/mol. The maximum atomic E-state index is 5.55. The average Bonchev–Trinajstić information content (AvgIpc) is 3.39. The molecule has 8 heteroatoms. The quantitative estimate of drug-likeness (QED) is 0.870. The van der Waals surface area contributed by atoms with E-state index < -0.39 is 0 Å². The molecule has 0 unspecified atom stereocenters. The van der Waals surface area contributed by atoms with Gasteiger partial charge in [-0.15, -0.1) is 0 Å². The van der Waals surface area contributed by atoms with E-state index in [9.17, 15) is 0 Å². The van der Waals surface area contributed by atoms with Crippen LogP contribution in [-0.4, -0.2) is 72.6 Å². The van der Waals surface area contributed by atoms with E-state index in [1.807, 2.05) is 0 Å². The van der Waals surface area contributed by atoms with Crippen molar-refractivity contribution in [2.24, 2.45) is 0 Å². The summed E-state index contributed by atoms with van der Waals surface area (Å²) >= 11 is 0. The van der Waals surface area contributed by atoms with Crippen LogP contribution in [0, 0.1) is 0 Å². The van der Waals surface area contributed by atoms with Crippen molar-refractivity contribution < 1.29 is 9.47 Å². The summed E-state index contributed by atoms with van der Waals surface area (Å²) < 4.78 is 11.1. The molecule has 24 heavy (non-hydrogen) atoms. The number of aromatic nitrogens is 3. The first kappa shape index (κ1) is 15.8. The summed E-state index contributed by atoms with van der Waals surface area (Å²) in [6.45, 7) is 8.76. The van der Waals surface area contributed by atoms with Crippen LogP contribution in [0.15, 0.2) is 0 Å². The molecule has 8 nitrogen and oxygen atoms in total. The molecule has 0 bridgehead atoms. The Morgan fingerprint density at radius 1 is 0.875 bits per heavy atom. The van der Waals surface area contributed by atoms with E-state index in [0.717, 1.165) is 25.0 Å². The van der Waals surface area contributed by atoms with Crippen LogP contribution >= 0.6 is 0 Å². The minimum Gasteiger partial charge on any atom is -0.377 e. The molecule has 1 N–H and O–H groups in total. The topological polar surface area (TPSA) is 75.6 Å². The largest absolute Gasteiger partial charge is 0.377 e. The van der Waals surface area contributed by atoms with Crippen LogP contribution in [0.4, 0.5) is 17.8 Å². The predicted octanol–water partition coefficient (Wildman–Crippen LogP) is 0.896. The van der Waals surface area contributed by atoms with Gasteiger partial charge in [0.25, 0.3) is 0 Å². The molecule has 0 radical (unpaired) electrons. The molecule has 1 aromatic heterocycles. The highest BCUT2D eigenvalue weighted by molar-refractivity contribution is 5.47. The molecule has 3 fully saturated rings. The van der Waals surface area contributed by atoms with Crippen LogP contribution in [0.2, 0.25) is 0 Å². The van der Waals surface area contributed by atoms with E-state index in [0.29, 0.717) is 38.4 Å². The van der Waals surface area contributed by atoms with Gasteiger partial charge in [-0.1, -0.05) is 0 Å². The second-order valence-corrected chi connectivity index (χ2v) is 6.91. The highest BCUT2D eigenvalue weighted by Gasteiger charge is 2.28. The third-order valence-corrected chi connectivity index (χ3v) is 4.77. The molecule has 0 spiro atoms. The van der Waals surface area contributed by atoms with Crippen molar-refractivity contribution in [2.75, 3.05) is 54.6 Å². The summed E-state index contributed by atoms with van der Waals surface area (Å²) in [6.07, 6.45) is 2.39. The molecule has 4 rings (SSSR count). The summed E-state index contributed by atoms with van der Waals surface area (Å²) in [6, 6.07) is 1.05. The maximum Gasteiger partial charge on any atom is 0.232 e. The Balaban J connectivity index is 1.65. The molecule has 2 aliphatic heterocycles. The van der Waals surface area contributed by atoms with Gasteiger partial charge in [0.15, 0.2) is 0 Å². The van der Waals surface area contributed by atoms with Gasteiger partial charge in [-0.2, -0.15) is 15.0 Å². The van der Waals surface area contributed by atoms with Gasteiger partial charge >= 0.3 is 0 Å². The molecule has 1 aromatic rings. The lowest BCUT2D eigenvalue weighted by molar-refractivity contribution is 0.0969. The van der Waals surface area contributed by atoms with Crippen molar-refractivity contribution in [2.45, 2.75) is 44.8 Å². The van der Waals surface area contributed by atoms with E-state index in [2.05, 4.69) is 38.9 Å². The Morgan fingerprint density at radius 2 is 1.42 bits per heavy atom. The minimum atomic E-state index is 0.268. The lowest BCUT2D eigenvalue weighted by Gasteiger charge is -2.36. The predicted molar refractivity (Wildman–Crippen MR) is 91.7 cm³/mol. The number of hydrogen-bond acceptors (Lipinski definition) is 8. The smallest absolute Gasteiger partial charge is 0.232 e. The maximum absolute atomic E-state index is 5.55. The summed E-state index contributed by atoms with van der Waals surface area (Å²) in [5.74, 6) is 2.19. The highest BCUT2D eigenvalue weighted by Crippen LogP contribution is 2.26. The fourth-order valence-electron chi connectivity index (χ4n) is 3.13. The van der Waals surface area contributed by atoms with E-state index in [1.54, 1.807) is 0 Å². The normalized spacial score (nSPS) is 28.1. The molecule has 132 valence electrons. The Bertz CT molecular complexity index is 541. The van der Waals surface area contributed by atoms with Crippen LogP contribution in [0.25, 0.3) is 0 Å². The molecule has 1 aliphatic carbocycles. The summed E-state index contributed by atoms with van der Waals surface area (Å²) in [5, 5.41) is 3.43. The standard InChI is InChI=1S/C16H26N6O2/c1-11-9-23-7-5-21(11)15-18-14(17-13-3-4-13)19-16(20-15)22-6-8-24-10-12(22)2/h11-13H,3-10H2,1-2H3,(H,17,18,19,20)/t11-,12-/m1/s1. The van der Waals surface area contributed by atoms with Gasteiger partial charge in [-0.3, -0.25) is 0 Å². The number of ether oxygens (including phenoxy) is 2. The molecule has 2 atom stereocenters. The fourth-order valence-corrected chi connectivity index (χ4v) is 3.13. The van der Waals surface area contributed by atoms with Crippen LogP contribution in [0.5, 0.6) is 0 Å². The number of nitrogens with zero attached hydrogens (tertiary/aromatic N) is 5. The molecule has 0 amide bonds. The lowest BCUT2D eigenvalue weighted by Crippen LogP contribution is -2.46. The molecule has 3 heterocycles. The minimum absolute atomic E-state index is 0.268. The van der Waals surface area contributed by atoms with E-state index >= 15 is 0 Å². The summed E-state index contributed by atoms with van der Waals surface area (Å²) in [7, 11) is 0. The van der Waals surface area contributed by atoms with Crippen molar-refractivity contribution >= 4 is 17.8 Å². The van der Waals surface area contributed by atoms with Crippen molar-refractivity contribution in [3.8, 4) is 0 Å². The second-order valence-electron chi connectivity index (χ2n) is 6.91. The Labute approximate surface area is 142 Å². The molecular weight excluding hydrogens is 308 g/mol. The molecule has 1 saturated carbocycles. The molecule has 0 aromatic carbocycles. The van der Waals surface area contributed by atoms with Crippen LogP contribution in [0.3, 0.4) is 0 Å². The number of hydrogen-bond donors (Lipinski definition) is 1. The number of anilines is 3. The zero-order valence-corrected chi connectivity index (χ0v) is 14.4. The van der Waals surface area contributed by atoms with E-state index in [4.69, 9.17) is 14.5 Å². The zero-order valence-electron chi connectivity index (χ0n) is 14.4. The zero-order chi connectivity index (χ0) is 16.5. The first-order valence-electron chi connectivity index (χ1n) is 8.92. The molecule has 2 saturated heterocycles. The van der Waals surface area contributed by atoms with Gasteiger partial charge in [0, 0.05) is 19.1 Å².